The molecule has 0 aromatic heterocycles. The molecule has 0 aliphatic carbocycles. The van der Waals surface area contributed by atoms with E-state index in [1.165, 1.54) is 0 Å². The Bertz CT molecular complexity index is 502. The van der Waals surface area contributed by atoms with Crippen molar-refractivity contribution in [2.45, 2.75) is 44.0 Å². The standard InChI is InChI=1S/C16H23NO3/c1-15(18,11-4-3-5-12(8-11)19-2)16(10-17)9-13-6-7-14(16)20-13/h3-5,8,13-14,18H,6-7,9-10,17H2,1-2H3. The SMILES string of the molecule is COc1cccc(C(C)(O)C2(CN)CC3CCC2O3)c1. The minimum Gasteiger partial charge on any atom is -0.497 e. The van der Waals surface area contributed by atoms with Crippen LogP contribution in [0.3, 0.4) is 0 Å². The van der Waals surface area contributed by atoms with E-state index in [1.807, 2.05) is 31.2 Å². The largest absolute Gasteiger partial charge is 0.497 e. The normalized spacial score (nSPS) is 35.0. The highest BCUT2D eigenvalue weighted by atomic mass is 16.5. The number of ether oxygens (including phenoxy) is 2. The molecule has 3 rings (SSSR count). The molecule has 4 nitrogen and oxygen atoms in total. The topological polar surface area (TPSA) is 64.7 Å². The molecule has 110 valence electrons. The van der Waals surface area contributed by atoms with Crippen molar-refractivity contribution in [3.63, 3.8) is 0 Å². The van der Waals surface area contributed by atoms with Gasteiger partial charge >= 0.3 is 0 Å². The minimum atomic E-state index is -1.02. The van der Waals surface area contributed by atoms with Crippen LogP contribution in [0.1, 0.15) is 31.7 Å². The van der Waals surface area contributed by atoms with Crippen LogP contribution in [-0.4, -0.2) is 31.0 Å². The first kappa shape index (κ1) is 13.9. The van der Waals surface area contributed by atoms with Crippen LogP contribution in [0.4, 0.5) is 0 Å². The quantitative estimate of drug-likeness (QED) is 0.881. The maximum Gasteiger partial charge on any atom is 0.119 e. The number of rotatable bonds is 4. The van der Waals surface area contributed by atoms with Crippen LogP contribution in [0.2, 0.25) is 0 Å². The third kappa shape index (κ3) is 1.79. The van der Waals surface area contributed by atoms with Gasteiger partial charge in [-0.25, -0.2) is 0 Å². The number of benzene rings is 1. The Morgan fingerprint density at radius 1 is 1.50 bits per heavy atom. The molecule has 4 atom stereocenters. The summed E-state index contributed by atoms with van der Waals surface area (Å²) in [5.74, 6) is 0.749. The van der Waals surface area contributed by atoms with E-state index in [0.29, 0.717) is 6.54 Å². The van der Waals surface area contributed by atoms with Crippen LogP contribution in [-0.2, 0) is 10.3 Å². The van der Waals surface area contributed by atoms with E-state index in [9.17, 15) is 5.11 Å². The highest BCUT2D eigenvalue weighted by Gasteiger charge is 2.60. The van der Waals surface area contributed by atoms with Crippen LogP contribution >= 0.6 is 0 Å². The Hall–Kier alpha value is -1.10. The van der Waals surface area contributed by atoms with Crippen molar-refractivity contribution in [2.24, 2.45) is 11.1 Å². The summed E-state index contributed by atoms with van der Waals surface area (Å²) in [6, 6.07) is 7.61. The lowest BCUT2D eigenvalue weighted by Gasteiger charge is -2.46. The van der Waals surface area contributed by atoms with Crippen molar-refractivity contribution in [3.05, 3.63) is 29.8 Å². The van der Waals surface area contributed by atoms with Crippen LogP contribution in [0.15, 0.2) is 24.3 Å². The fourth-order valence-corrected chi connectivity index (χ4v) is 3.94. The summed E-state index contributed by atoms with van der Waals surface area (Å²) in [6.07, 6.45) is 3.21. The van der Waals surface area contributed by atoms with Gasteiger partial charge in [-0.1, -0.05) is 12.1 Å². The predicted molar refractivity (Wildman–Crippen MR) is 76.6 cm³/mol. The number of nitrogens with two attached hydrogens (primary N) is 1. The summed E-state index contributed by atoms with van der Waals surface area (Å²) in [4.78, 5) is 0. The number of methoxy groups -OCH3 is 1. The zero-order valence-electron chi connectivity index (χ0n) is 12.1. The van der Waals surface area contributed by atoms with Gasteiger partial charge in [-0.05, 0) is 43.9 Å². The van der Waals surface area contributed by atoms with Crippen LogP contribution in [0.25, 0.3) is 0 Å². The van der Waals surface area contributed by atoms with Gasteiger partial charge in [0.05, 0.1) is 24.9 Å². The van der Waals surface area contributed by atoms with Crippen molar-refractivity contribution in [1.82, 2.24) is 0 Å². The monoisotopic (exact) mass is 277 g/mol. The molecule has 2 fully saturated rings. The molecule has 0 saturated carbocycles. The van der Waals surface area contributed by atoms with Crippen molar-refractivity contribution in [3.8, 4) is 5.75 Å². The number of fused-ring (bicyclic) bond motifs is 2. The van der Waals surface area contributed by atoms with E-state index < -0.39 is 11.0 Å². The molecular formula is C16H23NO3. The van der Waals surface area contributed by atoms with Crippen molar-refractivity contribution in [1.29, 1.82) is 0 Å². The molecule has 0 amide bonds. The summed E-state index contributed by atoms with van der Waals surface area (Å²) in [7, 11) is 1.63. The molecule has 1 aromatic rings. The highest BCUT2D eigenvalue weighted by Crippen LogP contribution is 2.56. The lowest BCUT2D eigenvalue weighted by Crippen LogP contribution is -2.54. The number of hydrogen-bond acceptors (Lipinski definition) is 4. The minimum absolute atomic E-state index is 0.0544. The Balaban J connectivity index is 2.01. The molecule has 0 radical (unpaired) electrons. The summed E-state index contributed by atoms with van der Waals surface area (Å²) in [5, 5.41) is 11.3. The summed E-state index contributed by atoms with van der Waals surface area (Å²) in [5.41, 5.74) is 5.51. The second-order valence-electron chi connectivity index (χ2n) is 6.19. The van der Waals surface area contributed by atoms with E-state index in [-0.39, 0.29) is 12.2 Å². The van der Waals surface area contributed by atoms with Crippen LogP contribution < -0.4 is 10.5 Å². The van der Waals surface area contributed by atoms with Crippen LogP contribution in [0, 0.1) is 5.41 Å². The van der Waals surface area contributed by atoms with Gasteiger partial charge in [0.2, 0.25) is 0 Å². The van der Waals surface area contributed by atoms with Gasteiger partial charge in [-0.2, -0.15) is 0 Å². The molecule has 2 aliphatic heterocycles. The second-order valence-corrected chi connectivity index (χ2v) is 6.19. The van der Waals surface area contributed by atoms with Gasteiger partial charge in [-0.15, -0.1) is 0 Å². The van der Waals surface area contributed by atoms with Gasteiger partial charge in [0.15, 0.2) is 0 Å². The fraction of sp³-hybridized carbons (Fsp3) is 0.625. The van der Waals surface area contributed by atoms with E-state index in [2.05, 4.69) is 0 Å². The summed E-state index contributed by atoms with van der Waals surface area (Å²) < 4.78 is 11.2. The van der Waals surface area contributed by atoms with E-state index in [4.69, 9.17) is 15.2 Å². The lowest BCUT2D eigenvalue weighted by molar-refractivity contribution is -0.105. The first-order valence-corrected chi connectivity index (χ1v) is 7.26. The molecule has 2 aliphatic rings. The van der Waals surface area contributed by atoms with Crippen molar-refractivity contribution in [2.75, 3.05) is 13.7 Å². The number of hydrogen-bond donors (Lipinski definition) is 2. The molecule has 3 N–H and O–H groups in total. The first-order chi connectivity index (χ1) is 9.53. The average molecular weight is 277 g/mol. The molecule has 4 unspecified atom stereocenters. The third-order valence-electron chi connectivity index (χ3n) is 5.28. The third-order valence-corrected chi connectivity index (χ3v) is 5.28. The first-order valence-electron chi connectivity index (χ1n) is 7.26. The predicted octanol–water partition coefficient (Wildman–Crippen LogP) is 1.80. The Morgan fingerprint density at radius 3 is 2.85 bits per heavy atom. The Morgan fingerprint density at radius 2 is 2.30 bits per heavy atom. The summed E-state index contributed by atoms with van der Waals surface area (Å²) >= 11 is 0. The molecule has 20 heavy (non-hydrogen) atoms. The molecule has 0 spiro atoms. The van der Waals surface area contributed by atoms with E-state index in [0.717, 1.165) is 30.6 Å². The lowest BCUT2D eigenvalue weighted by atomic mass is 9.61. The van der Waals surface area contributed by atoms with Crippen molar-refractivity contribution >= 4 is 0 Å². The number of aliphatic hydroxyl groups is 1. The fourth-order valence-electron chi connectivity index (χ4n) is 3.94. The molecule has 2 heterocycles. The van der Waals surface area contributed by atoms with E-state index in [1.54, 1.807) is 7.11 Å². The smallest absolute Gasteiger partial charge is 0.119 e. The average Bonchev–Trinajstić information content (AvgIpc) is 3.08. The summed E-state index contributed by atoms with van der Waals surface area (Å²) in [6.45, 7) is 2.29. The zero-order chi connectivity index (χ0) is 14.4. The van der Waals surface area contributed by atoms with Gasteiger partial charge in [0.1, 0.15) is 5.75 Å². The molecular weight excluding hydrogens is 254 g/mol. The molecule has 2 bridgehead atoms. The van der Waals surface area contributed by atoms with Crippen LogP contribution in [0.5, 0.6) is 5.75 Å². The molecule has 1 aromatic carbocycles. The molecule has 2 saturated heterocycles. The van der Waals surface area contributed by atoms with Gasteiger partial charge in [0.25, 0.3) is 0 Å². The maximum absolute atomic E-state index is 11.3. The highest BCUT2D eigenvalue weighted by molar-refractivity contribution is 5.34. The van der Waals surface area contributed by atoms with E-state index >= 15 is 0 Å². The Kier molecular flexibility index (Phi) is 3.27. The zero-order valence-corrected chi connectivity index (χ0v) is 12.1. The van der Waals surface area contributed by atoms with Gasteiger partial charge < -0.3 is 20.3 Å². The van der Waals surface area contributed by atoms with Gasteiger partial charge in [0, 0.05) is 12.0 Å². The second kappa shape index (κ2) is 4.72. The van der Waals surface area contributed by atoms with Crippen molar-refractivity contribution < 1.29 is 14.6 Å². The maximum atomic E-state index is 11.3. The van der Waals surface area contributed by atoms with Gasteiger partial charge in [-0.3, -0.25) is 0 Å². The Labute approximate surface area is 119 Å². The molecule has 4 heteroatoms.